The quantitative estimate of drug-likeness (QED) is 0.770. The number of nitrogens with one attached hydrogen (secondary N) is 2. The third-order valence-corrected chi connectivity index (χ3v) is 2.24. The number of furan rings is 2. The fourth-order valence-electron chi connectivity index (χ4n) is 1.43. The molecule has 0 atom stereocenters. The van der Waals surface area contributed by atoms with Crippen LogP contribution in [0.5, 0.6) is 0 Å². The largest absolute Gasteiger partial charge is 0.468 e. The summed E-state index contributed by atoms with van der Waals surface area (Å²) >= 11 is 0. The van der Waals surface area contributed by atoms with Crippen LogP contribution in [0.2, 0.25) is 0 Å². The molecule has 6 heteroatoms. The lowest BCUT2D eigenvalue weighted by atomic mass is 10.4. The molecular weight excluding hydrogens is 275 g/mol. The van der Waals surface area contributed by atoms with Crippen molar-refractivity contribution in [2.45, 2.75) is 13.1 Å². The van der Waals surface area contributed by atoms with E-state index in [0.29, 0.717) is 0 Å². The summed E-state index contributed by atoms with van der Waals surface area (Å²) in [5, 5.41) is 6.56. The van der Waals surface area contributed by atoms with Crippen molar-refractivity contribution in [2.24, 2.45) is 0 Å². The predicted molar refractivity (Wildman–Crippen MR) is 75.3 cm³/mol. The average molecular weight is 293 g/mol. The smallest absolute Gasteiger partial charge is 0.117 e. The molecule has 0 saturated heterocycles. The van der Waals surface area contributed by atoms with Crippen molar-refractivity contribution in [3.8, 4) is 0 Å². The number of hydrogen-bond donors (Lipinski definition) is 2. The number of halogens is 2. The molecule has 0 radical (unpaired) electrons. The lowest BCUT2D eigenvalue weighted by Gasteiger charge is -2.03. The molecule has 2 aromatic rings. The van der Waals surface area contributed by atoms with Crippen molar-refractivity contribution in [3.05, 3.63) is 48.3 Å². The lowest BCUT2D eigenvalue weighted by Crippen LogP contribution is -2.26. The SMILES string of the molecule is Cl.Cl.c1coc(CNCCNCc2ccco2)c1. The minimum absolute atomic E-state index is 0. The van der Waals surface area contributed by atoms with E-state index in [1.807, 2.05) is 24.3 Å². The van der Waals surface area contributed by atoms with Gasteiger partial charge in [-0.1, -0.05) is 0 Å². The number of rotatable bonds is 7. The topological polar surface area (TPSA) is 50.3 Å². The maximum absolute atomic E-state index is 5.20. The summed E-state index contributed by atoms with van der Waals surface area (Å²) in [6, 6.07) is 7.71. The first-order valence-corrected chi connectivity index (χ1v) is 5.41. The van der Waals surface area contributed by atoms with Crippen molar-refractivity contribution in [2.75, 3.05) is 13.1 Å². The molecular formula is C12H18Cl2N2O2. The molecule has 4 nitrogen and oxygen atoms in total. The Morgan fingerprint density at radius 2 is 1.22 bits per heavy atom. The van der Waals surface area contributed by atoms with Crippen molar-refractivity contribution in [3.63, 3.8) is 0 Å². The zero-order chi connectivity index (χ0) is 11.1. The van der Waals surface area contributed by atoms with E-state index < -0.39 is 0 Å². The van der Waals surface area contributed by atoms with Gasteiger partial charge < -0.3 is 19.5 Å². The van der Waals surface area contributed by atoms with Gasteiger partial charge in [0.15, 0.2) is 0 Å². The Kier molecular flexibility index (Phi) is 9.50. The van der Waals surface area contributed by atoms with Gasteiger partial charge in [-0.2, -0.15) is 0 Å². The molecule has 102 valence electrons. The monoisotopic (exact) mass is 292 g/mol. The van der Waals surface area contributed by atoms with Gasteiger partial charge >= 0.3 is 0 Å². The fourth-order valence-corrected chi connectivity index (χ4v) is 1.43. The summed E-state index contributed by atoms with van der Waals surface area (Å²) in [4.78, 5) is 0. The second-order valence-corrected chi connectivity index (χ2v) is 3.51. The Balaban J connectivity index is 0.00000144. The standard InChI is InChI=1S/C12H16N2O2.2ClH/c1-3-11(15-7-1)9-13-5-6-14-10-12-4-2-8-16-12;;/h1-4,7-8,13-14H,5-6,9-10H2;2*1H. The van der Waals surface area contributed by atoms with Crippen LogP contribution < -0.4 is 10.6 Å². The highest BCUT2D eigenvalue weighted by atomic mass is 35.5. The van der Waals surface area contributed by atoms with Crippen LogP contribution in [0.3, 0.4) is 0 Å². The molecule has 0 aliphatic rings. The molecule has 0 saturated carbocycles. The molecule has 0 spiro atoms. The van der Waals surface area contributed by atoms with Crippen LogP contribution in [0.15, 0.2) is 45.6 Å². The summed E-state index contributed by atoms with van der Waals surface area (Å²) in [5.74, 6) is 1.93. The second kappa shape index (κ2) is 10.0. The Bertz CT molecular complexity index is 338. The van der Waals surface area contributed by atoms with Crippen LogP contribution in [0.4, 0.5) is 0 Å². The molecule has 0 aliphatic heterocycles. The summed E-state index contributed by atoms with van der Waals surface area (Å²) in [6.07, 6.45) is 3.37. The van der Waals surface area contributed by atoms with Crippen molar-refractivity contribution in [1.82, 2.24) is 10.6 Å². The number of hydrogen-bond acceptors (Lipinski definition) is 4. The van der Waals surface area contributed by atoms with Gasteiger partial charge in [-0.3, -0.25) is 0 Å². The summed E-state index contributed by atoms with van der Waals surface area (Å²) in [7, 11) is 0. The van der Waals surface area contributed by atoms with Crippen molar-refractivity contribution in [1.29, 1.82) is 0 Å². The molecule has 0 aromatic carbocycles. The van der Waals surface area contributed by atoms with Crippen LogP contribution in [0, 0.1) is 0 Å². The van der Waals surface area contributed by atoms with E-state index in [0.717, 1.165) is 37.7 Å². The molecule has 2 heterocycles. The maximum atomic E-state index is 5.20. The molecule has 18 heavy (non-hydrogen) atoms. The summed E-state index contributed by atoms with van der Waals surface area (Å²) in [6.45, 7) is 3.35. The van der Waals surface area contributed by atoms with Gasteiger partial charge in [0.25, 0.3) is 0 Å². The Morgan fingerprint density at radius 3 is 1.56 bits per heavy atom. The van der Waals surface area contributed by atoms with Gasteiger partial charge in [0.1, 0.15) is 11.5 Å². The first-order valence-electron chi connectivity index (χ1n) is 5.41. The molecule has 0 fully saturated rings. The first-order chi connectivity index (χ1) is 7.95. The van der Waals surface area contributed by atoms with E-state index in [1.165, 1.54) is 0 Å². The van der Waals surface area contributed by atoms with Crippen molar-refractivity contribution >= 4 is 24.8 Å². The molecule has 0 unspecified atom stereocenters. The van der Waals surface area contributed by atoms with E-state index in [4.69, 9.17) is 8.83 Å². The first kappa shape index (κ1) is 17.1. The molecule has 2 aromatic heterocycles. The predicted octanol–water partition coefficient (Wildman–Crippen LogP) is 2.60. The summed E-state index contributed by atoms with van der Waals surface area (Å²) < 4.78 is 10.4. The van der Waals surface area contributed by atoms with E-state index in [1.54, 1.807) is 12.5 Å². The minimum Gasteiger partial charge on any atom is -0.468 e. The third kappa shape index (κ3) is 6.12. The van der Waals surface area contributed by atoms with Gasteiger partial charge in [-0.15, -0.1) is 24.8 Å². The van der Waals surface area contributed by atoms with E-state index in [9.17, 15) is 0 Å². The highest BCUT2D eigenvalue weighted by Gasteiger charge is 1.95. The normalized spacial score (nSPS) is 9.56. The highest BCUT2D eigenvalue weighted by Crippen LogP contribution is 1.98. The van der Waals surface area contributed by atoms with E-state index in [-0.39, 0.29) is 24.8 Å². The van der Waals surface area contributed by atoms with E-state index >= 15 is 0 Å². The Morgan fingerprint density at radius 1 is 0.778 bits per heavy atom. The molecule has 2 N–H and O–H groups in total. The molecule has 0 bridgehead atoms. The average Bonchev–Trinajstić information content (AvgIpc) is 2.96. The van der Waals surface area contributed by atoms with Crippen LogP contribution in [-0.2, 0) is 13.1 Å². The lowest BCUT2D eigenvalue weighted by molar-refractivity contribution is 0.465. The van der Waals surface area contributed by atoms with Crippen LogP contribution in [0.1, 0.15) is 11.5 Å². The zero-order valence-corrected chi connectivity index (χ0v) is 11.6. The second-order valence-electron chi connectivity index (χ2n) is 3.51. The van der Waals surface area contributed by atoms with Crippen LogP contribution in [0.25, 0.3) is 0 Å². The van der Waals surface area contributed by atoms with Gasteiger partial charge in [0.2, 0.25) is 0 Å². The van der Waals surface area contributed by atoms with Gasteiger partial charge in [-0.05, 0) is 24.3 Å². The van der Waals surface area contributed by atoms with Crippen LogP contribution in [-0.4, -0.2) is 13.1 Å². The minimum atomic E-state index is 0. The van der Waals surface area contributed by atoms with Gasteiger partial charge in [0.05, 0.1) is 25.6 Å². The Hall–Kier alpha value is -0.940. The molecule has 0 amide bonds. The summed E-state index contributed by atoms with van der Waals surface area (Å²) in [5.41, 5.74) is 0. The zero-order valence-electron chi connectivity index (χ0n) is 9.93. The van der Waals surface area contributed by atoms with Crippen molar-refractivity contribution < 1.29 is 8.83 Å². The van der Waals surface area contributed by atoms with E-state index in [2.05, 4.69) is 10.6 Å². The van der Waals surface area contributed by atoms with Crippen LogP contribution >= 0.6 is 24.8 Å². The Labute approximate surface area is 119 Å². The van der Waals surface area contributed by atoms with Gasteiger partial charge in [-0.25, -0.2) is 0 Å². The highest BCUT2D eigenvalue weighted by molar-refractivity contribution is 5.85. The fraction of sp³-hybridized carbons (Fsp3) is 0.333. The third-order valence-electron chi connectivity index (χ3n) is 2.24. The molecule has 0 aliphatic carbocycles. The molecule has 2 rings (SSSR count). The van der Waals surface area contributed by atoms with Gasteiger partial charge in [0, 0.05) is 13.1 Å². The maximum Gasteiger partial charge on any atom is 0.117 e.